The van der Waals surface area contributed by atoms with E-state index < -0.39 is 0 Å². The molecule has 4 rings (SSSR count). The van der Waals surface area contributed by atoms with Gasteiger partial charge < -0.3 is 10.1 Å². The van der Waals surface area contributed by atoms with Crippen LogP contribution in [0.25, 0.3) is 15.9 Å². The van der Waals surface area contributed by atoms with E-state index in [1.807, 2.05) is 31.2 Å². The van der Waals surface area contributed by atoms with E-state index in [9.17, 15) is 9.59 Å². The first-order chi connectivity index (χ1) is 16.9. The molecule has 4 aromatic rings. The van der Waals surface area contributed by atoms with E-state index in [0.29, 0.717) is 16.2 Å². The monoisotopic (exact) mass is 507 g/mol. The minimum atomic E-state index is -0.170. The average molecular weight is 508 g/mol. The van der Waals surface area contributed by atoms with E-state index in [4.69, 9.17) is 9.72 Å². The van der Waals surface area contributed by atoms with Gasteiger partial charge in [0.25, 0.3) is 5.56 Å². The highest BCUT2D eigenvalue weighted by atomic mass is 32.2. The van der Waals surface area contributed by atoms with Crippen molar-refractivity contribution in [1.29, 1.82) is 0 Å². The van der Waals surface area contributed by atoms with Gasteiger partial charge in [0.2, 0.25) is 5.91 Å². The Bertz CT molecular complexity index is 1390. The van der Waals surface area contributed by atoms with E-state index in [0.717, 1.165) is 41.1 Å². The lowest BCUT2D eigenvalue weighted by molar-refractivity contribution is -0.113. The zero-order valence-electron chi connectivity index (χ0n) is 20.4. The largest absolute Gasteiger partial charge is 0.497 e. The molecule has 0 saturated heterocycles. The predicted molar refractivity (Wildman–Crippen MR) is 146 cm³/mol. The molecule has 0 aliphatic carbocycles. The molecular weight excluding hydrogens is 478 g/mol. The number of ether oxygens (including phenoxy) is 1. The van der Waals surface area contributed by atoms with Crippen LogP contribution in [0, 0.1) is 6.92 Å². The molecule has 1 N–H and O–H groups in total. The first-order valence-corrected chi connectivity index (χ1v) is 13.5. The molecule has 182 valence electrons. The second-order valence-corrected chi connectivity index (χ2v) is 10.2. The molecule has 0 saturated carbocycles. The number of hydrogen-bond donors (Lipinski definition) is 1. The first-order valence-electron chi connectivity index (χ1n) is 11.7. The van der Waals surface area contributed by atoms with Gasteiger partial charge in [0.15, 0.2) is 5.16 Å². The van der Waals surface area contributed by atoms with Gasteiger partial charge in [-0.05, 0) is 67.3 Å². The molecule has 0 unspecified atom stereocenters. The van der Waals surface area contributed by atoms with Crippen molar-refractivity contribution in [2.45, 2.75) is 45.2 Å². The Morgan fingerprint density at radius 2 is 1.83 bits per heavy atom. The molecule has 8 heteroatoms. The van der Waals surface area contributed by atoms with Crippen molar-refractivity contribution in [2.24, 2.45) is 0 Å². The summed E-state index contributed by atoms with van der Waals surface area (Å²) in [5.74, 6) is 0.682. The number of hydrogen-bond acceptors (Lipinski definition) is 6. The van der Waals surface area contributed by atoms with Crippen molar-refractivity contribution >= 4 is 44.9 Å². The summed E-state index contributed by atoms with van der Waals surface area (Å²) in [6.45, 7) is 6.24. The van der Waals surface area contributed by atoms with Gasteiger partial charge in [-0.3, -0.25) is 14.2 Å². The number of aryl methyl sites for hydroxylation is 3. The van der Waals surface area contributed by atoms with Crippen molar-refractivity contribution in [1.82, 2.24) is 9.55 Å². The number of anilines is 1. The second kappa shape index (κ2) is 11.1. The maximum Gasteiger partial charge on any atom is 0.267 e. The minimum Gasteiger partial charge on any atom is -0.497 e. The number of nitrogens with one attached hydrogen (secondary N) is 1. The normalized spacial score (nSPS) is 11.1. The fourth-order valence-corrected chi connectivity index (χ4v) is 6.02. The molecule has 2 heterocycles. The molecule has 2 aromatic carbocycles. The van der Waals surface area contributed by atoms with Crippen molar-refractivity contribution in [3.63, 3.8) is 0 Å². The van der Waals surface area contributed by atoms with Gasteiger partial charge in [-0.15, -0.1) is 11.3 Å². The SMILES string of the molecule is CCCc1sc2nc(SCC(=O)Nc3ccc(OC)cc3)n(-c3ccc(CC)cc3)c(=O)c2c1C. The van der Waals surface area contributed by atoms with Crippen LogP contribution in [0.15, 0.2) is 58.5 Å². The number of fused-ring (bicyclic) bond motifs is 1. The molecule has 0 spiro atoms. The van der Waals surface area contributed by atoms with Gasteiger partial charge in [0, 0.05) is 10.6 Å². The molecular formula is C27H29N3O3S2. The third-order valence-electron chi connectivity index (χ3n) is 5.82. The van der Waals surface area contributed by atoms with Gasteiger partial charge in [-0.1, -0.05) is 44.2 Å². The van der Waals surface area contributed by atoms with Crippen LogP contribution < -0.4 is 15.6 Å². The van der Waals surface area contributed by atoms with Crippen molar-refractivity contribution < 1.29 is 9.53 Å². The first kappa shape index (κ1) is 25.0. The highest BCUT2D eigenvalue weighted by molar-refractivity contribution is 7.99. The number of thioether (sulfide) groups is 1. The number of rotatable bonds is 9. The van der Waals surface area contributed by atoms with E-state index >= 15 is 0 Å². The molecule has 0 aliphatic rings. The number of methoxy groups -OCH3 is 1. The molecule has 0 aliphatic heterocycles. The Labute approximate surface area is 213 Å². The third kappa shape index (κ3) is 5.44. The van der Waals surface area contributed by atoms with Gasteiger partial charge >= 0.3 is 0 Å². The Morgan fingerprint density at radius 3 is 2.46 bits per heavy atom. The third-order valence-corrected chi connectivity index (χ3v) is 8.00. The van der Waals surface area contributed by atoms with Crippen molar-refractivity contribution in [2.75, 3.05) is 18.2 Å². The zero-order chi connectivity index (χ0) is 24.9. The quantitative estimate of drug-likeness (QED) is 0.222. The van der Waals surface area contributed by atoms with Gasteiger partial charge in [-0.25, -0.2) is 4.98 Å². The lowest BCUT2D eigenvalue weighted by atomic mass is 10.1. The summed E-state index contributed by atoms with van der Waals surface area (Å²) >= 11 is 2.84. The van der Waals surface area contributed by atoms with Crippen LogP contribution in [0.5, 0.6) is 5.75 Å². The highest BCUT2D eigenvalue weighted by Crippen LogP contribution is 2.31. The summed E-state index contributed by atoms with van der Waals surface area (Å²) in [7, 11) is 1.60. The molecule has 0 fully saturated rings. The molecule has 2 aromatic heterocycles. The number of benzene rings is 2. The fourth-order valence-electron chi connectivity index (χ4n) is 3.88. The van der Waals surface area contributed by atoms with Crippen LogP contribution in [0.1, 0.15) is 36.3 Å². The van der Waals surface area contributed by atoms with Crippen LogP contribution in [0.3, 0.4) is 0 Å². The molecule has 6 nitrogen and oxygen atoms in total. The smallest absolute Gasteiger partial charge is 0.267 e. The average Bonchev–Trinajstić information content (AvgIpc) is 3.18. The molecule has 0 radical (unpaired) electrons. The minimum absolute atomic E-state index is 0.0894. The van der Waals surface area contributed by atoms with Crippen LogP contribution in [0.2, 0.25) is 0 Å². The molecule has 0 atom stereocenters. The number of aromatic nitrogens is 2. The number of thiophene rings is 1. The Balaban J connectivity index is 1.68. The summed E-state index contributed by atoms with van der Waals surface area (Å²) in [4.78, 5) is 33.2. The molecule has 35 heavy (non-hydrogen) atoms. The van der Waals surface area contributed by atoms with Crippen LogP contribution in [-0.2, 0) is 17.6 Å². The maximum absolute atomic E-state index is 13.7. The zero-order valence-corrected chi connectivity index (χ0v) is 22.0. The molecule has 1 amide bonds. The summed E-state index contributed by atoms with van der Waals surface area (Å²) in [6, 6.07) is 15.1. The van der Waals surface area contributed by atoms with Crippen LogP contribution >= 0.6 is 23.1 Å². The van der Waals surface area contributed by atoms with E-state index in [1.54, 1.807) is 47.3 Å². The van der Waals surface area contributed by atoms with E-state index in [-0.39, 0.29) is 17.2 Å². The maximum atomic E-state index is 13.7. The lowest BCUT2D eigenvalue weighted by Gasteiger charge is -2.13. The van der Waals surface area contributed by atoms with Crippen molar-refractivity contribution in [3.05, 3.63) is 74.9 Å². The predicted octanol–water partition coefficient (Wildman–Crippen LogP) is 6.01. The number of carbonyl (C=O) groups is 1. The molecule has 0 bridgehead atoms. The summed E-state index contributed by atoms with van der Waals surface area (Å²) < 4.78 is 6.81. The van der Waals surface area contributed by atoms with Crippen LogP contribution in [-0.4, -0.2) is 28.3 Å². The summed E-state index contributed by atoms with van der Waals surface area (Å²) in [6.07, 6.45) is 2.85. The summed E-state index contributed by atoms with van der Waals surface area (Å²) in [5.41, 5.74) is 3.55. The lowest BCUT2D eigenvalue weighted by Crippen LogP contribution is -2.23. The van der Waals surface area contributed by atoms with Gasteiger partial charge in [-0.2, -0.15) is 0 Å². The highest BCUT2D eigenvalue weighted by Gasteiger charge is 2.20. The standard InChI is InChI=1S/C27H29N3O3S2/c1-5-7-22-17(3)24-25(35-22)29-27(30(26(24)32)20-12-8-18(6-2)9-13-20)34-16-23(31)28-19-10-14-21(33-4)15-11-19/h8-15H,5-7,16H2,1-4H3,(H,28,31). The van der Waals surface area contributed by atoms with Crippen molar-refractivity contribution in [3.8, 4) is 11.4 Å². The number of carbonyl (C=O) groups excluding carboxylic acids is 1. The van der Waals surface area contributed by atoms with Gasteiger partial charge in [0.1, 0.15) is 10.6 Å². The van der Waals surface area contributed by atoms with Gasteiger partial charge in [0.05, 0.1) is 23.9 Å². The Morgan fingerprint density at radius 1 is 1.11 bits per heavy atom. The number of amides is 1. The van der Waals surface area contributed by atoms with E-state index in [1.165, 1.54) is 22.2 Å². The fraction of sp³-hybridized carbons (Fsp3) is 0.296. The topological polar surface area (TPSA) is 73.2 Å². The Hall–Kier alpha value is -3.10. The Kier molecular flexibility index (Phi) is 7.93. The van der Waals surface area contributed by atoms with Crippen LogP contribution in [0.4, 0.5) is 5.69 Å². The van der Waals surface area contributed by atoms with E-state index in [2.05, 4.69) is 19.2 Å². The number of nitrogens with zero attached hydrogens (tertiary/aromatic N) is 2. The second-order valence-electron chi connectivity index (χ2n) is 8.20. The summed E-state index contributed by atoms with van der Waals surface area (Å²) in [5, 5.41) is 4.08.